The van der Waals surface area contributed by atoms with Crippen LogP contribution in [0.5, 0.6) is 5.75 Å². The van der Waals surface area contributed by atoms with Crippen LogP contribution in [0.3, 0.4) is 0 Å². The Morgan fingerprint density at radius 1 is 1.07 bits per heavy atom. The predicted octanol–water partition coefficient (Wildman–Crippen LogP) is 4.02. The van der Waals surface area contributed by atoms with Crippen LogP contribution in [0.2, 0.25) is 0 Å². The number of hydrogen-bond acceptors (Lipinski definition) is 3. The lowest BCUT2D eigenvalue weighted by Gasteiger charge is -2.30. The van der Waals surface area contributed by atoms with Gasteiger partial charge in [-0.25, -0.2) is 0 Å². The molecule has 2 aromatic carbocycles. The van der Waals surface area contributed by atoms with Crippen LogP contribution in [0.25, 0.3) is 0 Å². The van der Waals surface area contributed by atoms with Crippen molar-refractivity contribution >= 4 is 11.8 Å². The van der Waals surface area contributed by atoms with Crippen molar-refractivity contribution in [2.45, 2.75) is 52.6 Å². The molecule has 1 unspecified atom stereocenters. The normalized spacial score (nSPS) is 11.6. The van der Waals surface area contributed by atoms with Gasteiger partial charge in [0.05, 0.1) is 6.61 Å². The molecule has 5 heteroatoms. The predicted molar refractivity (Wildman–Crippen MR) is 116 cm³/mol. The van der Waals surface area contributed by atoms with Gasteiger partial charge in [0.15, 0.2) is 0 Å². The fourth-order valence-electron chi connectivity index (χ4n) is 3.28. The molecule has 5 nitrogen and oxygen atoms in total. The molecule has 2 amide bonds. The van der Waals surface area contributed by atoms with E-state index in [9.17, 15) is 9.59 Å². The highest BCUT2D eigenvalue weighted by molar-refractivity contribution is 5.87. The van der Waals surface area contributed by atoms with Crippen molar-refractivity contribution in [2.24, 2.45) is 0 Å². The van der Waals surface area contributed by atoms with Gasteiger partial charge < -0.3 is 15.0 Å². The molecule has 0 heterocycles. The first-order valence-corrected chi connectivity index (χ1v) is 10.2. The lowest BCUT2D eigenvalue weighted by molar-refractivity contribution is -0.141. The monoisotopic (exact) mass is 396 g/mol. The van der Waals surface area contributed by atoms with Crippen LogP contribution in [0, 0.1) is 13.8 Å². The van der Waals surface area contributed by atoms with E-state index in [2.05, 4.69) is 11.4 Å². The maximum atomic E-state index is 13.0. The van der Waals surface area contributed by atoms with Gasteiger partial charge in [-0.15, -0.1) is 0 Å². The van der Waals surface area contributed by atoms with E-state index in [4.69, 9.17) is 4.74 Å². The third-order valence-electron chi connectivity index (χ3n) is 4.89. The number of rotatable bonds is 10. The summed E-state index contributed by atoms with van der Waals surface area (Å²) in [6.45, 7) is 6.86. The number of ether oxygens (including phenoxy) is 1. The molecule has 2 rings (SSSR count). The van der Waals surface area contributed by atoms with E-state index in [1.165, 1.54) is 5.56 Å². The van der Waals surface area contributed by atoms with Crippen molar-refractivity contribution in [3.63, 3.8) is 0 Å². The molecule has 0 fully saturated rings. The second kappa shape index (κ2) is 11.2. The second-order valence-corrected chi connectivity index (χ2v) is 7.31. The Hall–Kier alpha value is -2.82. The summed E-state index contributed by atoms with van der Waals surface area (Å²) < 4.78 is 5.73. The van der Waals surface area contributed by atoms with Gasteiger partial charge in [0.25, 0.3) is 0 Å². The summed E-state index contributed by atoms with van der Waals surface area (Å²) in [5.74, 6) is 0.635. The molecule has 0 aromatic heterocycles. The summed E-state index contributed by atoms with van der Waals surface area (Å²) >= 11 is 0. The highest BCUT2D eigenvalue weighted by atomic mass is 16.5. The summed E-state index contributed by atoms with van der Waals surface area (Å²) in [7, 11) is 1.61. The molecular formula is C24H32N2O3. The first-order chi connectivity index (χ1) is 13.9. The number of carbonyl (C=O) groups excluding carboxylic acids is 2. The SMILES string of the molecule is CCC(C(=O)NC)N(Cc1cccc(C)c1)C(=O)CCCOc1ccc(C)cc1. The minimum Gasteiger partial charge on any atom is -0.494 e. The molecule has 0 aliphatic carbocycles. The van der Waals surface area contributed by atoms with Gasteiger partial charge in [0, 0.05) is 20.0 Å². The number of nitrogens with one attached hydrogen (secondary N) is 1. The summed E-state index contributed by atoms with van der Waals surface area (Å²) in [6.07, 6.45) is 1.50. The maximum absolute atomic E-state index is 13.0. The van der Waals surface area contributed by atoms with Crippen molar-refractivity contribution in [3.05, 3.63) is 65.2 Å². The fourth-order valence-corrected chi connectivity index (χ4v) is 3.28. The molecule has 0 aliphatic rings. The zero-order chi connectivity index (χ0) is 21.2. The van der Waals surface area contributed by atoms with Gasteiger partial charge in [0.1, 0.15) is 11.8 Å². The molecule has 0 aliphatic heterocycles. The molecule has 0 saturated carbocycles. The molecular weight excluding hydrogens is 364 g/mol. The minimum atomic E-state index is -0.481. The average molecular weight is 397 g/mol. The third kappa shape index (κ3) is 6.93. The van der Waals surface area contributed by atoms with Crippen molar-refractivity contribution in [1.29, 1.82) is 0 Å². The van der Waals surface area contributed by atoms with Crippen LogP contribution in [0.15, 0.2) is 48.5 Å². The Labute approximate surface area is 174 Å². The first kappa shape index (κ1) is 22.5. The van der Waals surface area contributed by atoms with E-state index in [-0.39, 0.29) is 11.8 Å². The standard InChI is InChI=1S/C24H32N2O3/c1-5-22(24(28)25-4)26(17-20-9-6-8-19(3)16-20)23(27)10-7-15-29-21-13-11-18(2)12-14-21/h6,8-9,11-14,16,22H,5,7,10,15,17H2,1-4H3,(H,25,28). The number of amides is 2. The van der Waals surface area contributed by atoms with Gasteiger partial charge in [-0.1, -0.05) is 54.4 Å². The fraction of sp³-hybridized carbons (Fsp3) is 0.417. The lowest BCUT2D eigenvalue weighted by Crippen LogP contribution is -2.48. The summed E-state index contributed by atoms with van der Waals surface area (Å²) in [5, 5.41) is 2.68. The third-order valence-corrected chi connectivity index (χ3v) is 4.89. The Balaban J connectivity index is 2.00. The molecule has 1 atom stereocenters. The van der Waals surface area contributed by atoms with E-state index in [0.717, 1.165) is 16.9 Å². The van der Waals surface area contributed by atoms with Crippen LogP contribution in [0.1, 0.15) is 42.9 Å². The molecule has 0 saturated heterocycles. The van der Waals surface area contributed by atoms with Gasteiger partial charge >= 0.3 is 0 Å². The number of benzene rings is 2. The Morgan fingerprint density at radius 3 is 2.41 bits per heavy atom. The first-order valence-electron chi connectivity index (χ1n) is 10.2. The molecule has 0 radical (unpaired) electrons. The van der Waals surface area contributed by atoms with Gasteiger partial charge in [-0.05, 0) is 44.4 Å². The summed E-state index contributed by atoms with van der Waals surface area (Å²) in [4.78, 5) is 27.1. The lowest BCUT2D eigenvalue weighted by atomic mass is 10.1. The number of hydrogen-bond donors (Lipinski definition) is 1. The van der Waals surface area contributed by atoms with E-state index in [1.54, 1.807) is 11.9 Å². The average Bonchev–Trinajstić information content (AvgIpc) is 2.72. The molecule has 2 aromatic rings. The van der Waals surface area contributed by atoms with E-state index in [0.29, 0.717) is 32.4 Å². The van der Waals surface area contributed by atoms with Crippen molar-refractivity contribution in [3.8, 4) is 5.75 Å². The summed E-state index contributed by atoms with van der Waals surface area (Å²) in [6, 6.07) is 15.4. The van der Waals surface area contributed by atoms with E-state index >= 15 is 0 Å². The Kier molecular flexibility index (Phi) is 8.71. The highest BCUT2D eigenvalue weighted by Crippen LogP contribution is 2.16. The van der Waals surface area contributed by atoms with E-state index in [1.807, 2.05) is 63.2 Å². The maximum Gasteiger partial charge on any atom is 0.242 e. The van der Waals surface area contributed by atoms with Crippen molar-refractivity contribution in [1.82, 2.24) is 10.2 Å². The zero-order valence-electron chi connectivity index (χ0n) is 17.9. The van der Waals surface area contributed by atoms with Crippen LogP contribution in [-0.4, -0.2) is 36.4 Å². The molecule has 0 spiro atoms. The van der Waals surface area contributed by atoms with Gasteiger partial charge in [0.2, 0.25) is 11.8 Å². The largest absolute Gasteiger partial charge is 0.494 e. The van der Waals surface area contributed by atoms with Crippen molar-refractivity contribution in [2.75, 3.05) is 13.7 Å². The molecule has 156 valence electrons. The zero-order valence-corrected chi connectivity index (χ0v) is 17.9. The molecule has 1 N–H and O–H groups in total. The minimum absolute atomic E-state index is 0.0329. The summed E-state index contributed by atoms with van der Waals surface area (Å²) in [5.41, 5.74) is 3.34. The topological polar surface area (TPSA) is 58.6 Å². The Bertz CT molecular complexity index is 802. The molecule has 29 heavy (non-hydrogen) atoms. The smallest absolute Gasteiger partial charge is 0.242 e. The van der Waals surface area contributed by atoms with Gasteiger partial charge in [-0.3, -0.25) is 9.59 Å². The molecule has 0 bridgehead atoms. The number of carbonyl (C=O) groups is 2. The van der Waals surface area contributed by atoms with Crippen LogP contribution < -0.4 is 10.1 Å². The Morgan fingerprint density at radius 2 is 1.79 bits per heavy atom. The number of aryl methyl sites for hydroxylation is 2. The van der Waals surface area contributed by atoms with Crippen LogP contribution in [-0.2, 0) is 16.1 Å². The quantitative estimate of drug-likeness (QED) is 0.617. The second-order valence-electron chi connectivity index (χ2n) is 7.31. The highest BCUT2D eigenvalue weighted by Gasteiger charge is 2.27. The van der Waals surface area contributed by atoms with E-state index < -0.39 is 6.04 Å². The van der Waals surface area contributed by atoms with Crippen molar-refractivity contribution < 1.29 is 14.3 Å². The van der Waals surface area contributed by atoms with Crippen LogP contribution >= 0.6 is 0 Å². The van der Waals surface area contributed by atoms with Crippen LogP contribution in [0.4, 0.5) is 0 Å². The number of likely N-dealkylation sites (N-methyl/N-ethyl adjacent to an activating group) is 1. The number of nitrogens with zero attached hydrogens (tertiary/aromatic N) is 1. The van der Waals surface area contributed by atoms with Gasteiger partial charge in [-0.2, -0.15) is 0 Å².